The Morgan fingerprint density at radius 3 is 1.50 bits per heavy atom. The van der Waals surface area contributed by atoms with Gasteiger partial charge in [-0.05, 0) is 25.0 Å². The number of unbranched alkanes of at least 4 members (excludes halogenated alkanes) is 3. The van der Waals surface area contributed by atoms with Gasteiger partial charge in [0, 0.05) is 69.0 Å². The van der Waals surface area contributed by atoms with Crippen LogP contribution < -0.4 is 9.13 Å². The van der Waals surface area contributed by atoms with Crippen LogP contribution in [0.1, 0.15) is 38.5 Å². The molecule has 0 spiro atoms. The lowest BCUT2D eigenvalue weighted by Gasteiger charge is -2.02. The highest BCUT2D eigenvalue weighted by atomic mass is 79.9. The summed E-state index contributed by atoms with van der Waals surface area (Å²) in [6, 6.07) is 11.6. The van der Waals surface area contributed by atoms with Gasteiger partial charge in [0.15, 0.2) is 24.0 Å². The molecule has 2 heterocycles. The van der Waals surface area contributed by atoms with Crippen molar-refractivity contribution in [2.75, 3.05) is 0 Å². The van der Waals surface area contributed by atoms with Gasteiger partial charge in [-0.2, -0.15) is 9.13 Å². The Bertz CT molecular complexity index is 687. The Morgan fingerprint density at radius 1 is 0.692 bits per heavy atom. The van der Waals surface area contributed by atoms with E-state index in [4.69, 9.17) is 0 Å². The van der Waals surface area contributed by atoms with Gasteiger partial charge in [-0.1, -0.05) is 12.8 Å². The van der Waals surface area contributed by atoms with Gasteiger partial charge in [-0.3, -0.25) is 9.59 Å². The molecule has 0 radical (unpaired) electrons. The van der Waals surface area contributed by atoms with Gasteiger partial charge in [-0.25, -0.2) is 0 Å². The van der Waals surface area contributed by atoms with Crippen molar-refractivity contribution in [3.05, 3.63) is 58.0 Å². The van der Waals surface area contributed by atoms with E-state index in [0.717, 1.165) is 34.9 Å². The molecule has 2 aromatic heterocycles. The Labute approximate surface area is 171 Å². The molecular formula is C20H24Br2N2O2+2. The zero-order valence-electron chi connectivity index (χ0n) is 14.7. The highest BCUT2D eigenvalue weighted by Crippen LogP contribution is 2.08. The van der Waals surface area contributed by atoms with E-state index < -0.39 is 0 Å². The third kappa shape index (κ3) is 7.46. The number of hydrogen-bond acceptors (Lipinski definition) is 2. The number of aromatic nitrogens is 2. The molecule has 138 valence electrons. The lowest BCUT2D eigenvalue weighted by molar-refractivity contribution is -0.695. The van der Waals surface area contributed by atoms with E-state index in [-0.39, 0.29) is 11.6 Å². The number of carbonyl (C=O) groups is 2. The van der Waals surface area contributed by atoms with Crippen LogP contribution in [-0.2, 0) is 22.7 Å². The summed E-state index contributed by atoms with van der Waals surface area (Å²) >= 11 is 6.89. The Balaban J connectivity index is 1.56. The molecule has 0 aromatic carbocycles. The number of rotatable bonds is 11. The van der Waals surface area contributed by atoms with Crippen molar-refractivity contribution in [1.29, 1.82) is 0 Å². The van der Waals surface area contributed by atoms with E-state index in [1.165, 1.54) is 0 Å². The summed E-state index contributed by atoms with van der Waals surface area (Å²) in [7, 11) is 0. The number of ketones is 2. The predicted octanol–water partition coefficient (Wildman–Crippen LogP) is 3.97. The third-order valence-corrected chi connectivity index (χ3v) is 5.56. The van der Waals surface area contributed by atoms with Crippen LogP contribution >= 0.6 is 31.9 Å². The molecule has 0 aliphatic rings. The molecule has 0 fully saturated rings. The molecule has 0 atom stereocenters. The normalized spacial score (nSPS) is 10.7. The first-order valence-electron chi connectivity index (χ1n) is 8.87. The fourth-order valence-corrected chi connectivity index (χ4v) is 3.50. The van der Waals surface area contributed by atoms with Crippen molar-refractivity contribution in [2.24, 2.45) is 0 Å². The maximum Gasteiger partial charge on any atom is 0.248 e. The maximum atomic E-state index is 12.0. The summed E-state index contributed by atoms with van der Waals surface area (Å²) < 4.78 is 5.63. The van der Waals surface area contributed by atoms with Crippen LogP contribution in [0.3, 0.4) is 0 Å². The zero-order chi connectivity index (χ0) is 18.8. The lowest BCUT2D eigenvalue weighted by Crippen LogP contribution is -2.38. The van der Waals surface area contributed by atoms with Gasteiger partial charge < -0.3 is 0 Å². The summed E-state index contributed by atoms with van der Waals surface area (Å²) in [5.41, 5.74) is 0. The zero-order valence-corrected chi connectivity index (χ0v) is 17.9. The molecule has 0 N–H and O–H groups in total. The van der Waals surface area contributed by atoms with Gasteiger partial charge >= 0.3 is 0 Å². The molecule has 2 rings (SSSR count). The average Bonchev–Trinajstić information content (AvgIpc) is 2.62. The van der Waals surface area contributed by atoms with Crippen LogP contribution in [-0.4, -0.2) is 11.6 Å². The topological polar surface area (TPSA) is 41.9 Å². The molecular weight excluding hydrogens is 460 g/mol. The third-order valence-electron chi connectivity index (χ3n) is 4.13. The summed E-state index contributed by atoms with van der Waals surface area (Å²) in [5.74, 6) is 0.478. The first-order valence-corrected chi connectivity index (χ1v) is 10.5. The molecule has 2 aromatic rings. The van der Waals surface area contributed by atoms with Crippen LogP contribution in [0.4, 0.5) is 0 Å². The number of hydrogen-bond donors (Lipinski definition) is 0. The molecule has 0 aliphatic carbocycles. The van der Waals surface area contributed by atoms with Crippen LogP contribution in [0.25, 0.3) is 0 Å². The molecule has 0 saturated heterocycles. The number of pyridine rings is 2. The fraction of sp³-hybridized carbons (Fsp3) is 0.400. The summed E-state index contributed by atoms with van der Waals surface area (Å²) in [4.78, 5) is 24.1. The molecule has 26 heavy (non-hydrogen) atoms. The molecule has 4 nitrogen and oxygen atoms in total. The Hall–Kier alpha value is -1.40. The number of Topliss-reactive ketones (excluding diaryl/α,β-unsaturated/α-hetero) is 2. The minimum Gasteiger partial charge on any atom is -0.293 e. The van der Waals surface area contributed by atoms with Crippen molar-refractivity contribution >= 4 is 43.4 Å². The lowest BCUT2D eigenvalue weighted by atomic mass is 10.1. The summed E-state index contributed by atoms with van der Waals surface area (Å²) in [5, 5.41) is 0. The van der Waals surface area contributed by atoms with Crippen molar-refractivity contribution in [3.8, 4) is 0 Å². The van der Waals surface area contributed by atoms with E-state index in [1.807, 2.05) is 57.9 Å². The van der Waals surface area contributed by atoms with E-state index in [1.54, 1.807) is 0 Å². The van der Waals surface area contributed by atoms with Crippen LogP contribution in [0, 0.1) is 0 Å². The maximum absolute atomic E-state index is 12.0. The fourth-order valence-electron chi connectivity index (χ4n) is 2.70. The van der Waals surface area contributed by atoms with Crippen LogP contribution in [0.5, 0.6) is 0 Å². The van der Waals surface area contributed by atoms with Crippen molar-refractivity contribution in [3.63, 3.8) is 0 Å². The van der Waals surface area contributed by atoms with Crippen LogP contribution in [0.15, 0.2) is 58.0 Å². The second-order valence-electron chi connectivity index (χ2n) is 6.29. The second-order valence-corrected chi connectivity index (χ2v) is 7.92. The standard InChI is InChI=1S/C20H24Br2N2O2/c21-19-11-5-7-13-23(19)15-17(25)9-3-1-2-4-10-18(26)16-24-14-8-6-12-20(24)22/h5-8,11-14H,1-4,9-10,15-16H2/q+2. The van der Waals surface area contributed by atoms with E-state index in [0.29, 0.717) is 25.9 Å². The molecule has 6 heteroatoms. The molecule has 0 bridgehead atoms. The molecule has 0 saturated carbocycles. The minimum atomic E-state index is 0.239. The largest absolute Gasteiger partial charge is 0.293 e. The highest BCUT2D eigenvalue weighted by molar-refractivity contribution is 9.10. The van der Waals surface area contributed by atoms with E-state index >= 15 is 0 Å². The van der Waals surface area contributed by atoms with Gasteiger partial charge in [0.25, 0.3) is 0 Å². The summed E-state index contributed by atoms with van der Waals surface area (Å²) in [6.45, 7) is 0.812. The van der Waals surface area contributed by atoms with Gasteiger partial charge in [-0.15, -0.1) is 0 Å². The summed E-state index contributed by atoms with van der Waals surface area (Å²) in [6.07, 6.45) is 8.73. The minimum absolute atomic E-state index is 0.239. The van der Waals surface area contributed by atoms with Gasteiger partial charge in [0.2, 0.25) is 22.3 Å². The monoisotopic (exact) mass is 482 g/mol. The Kier molecular flexibility index (Phi) is 9.12. The van der Waals surface area contributed by atoms with Crippen molar-refractivity contribution in [1.82, 2.24) is 0 Å². The molecule has 0 unspecified atom stereocenters. The SMILES string of the molecule is O=C(CCCCCCC(=O)C[n+]1ccccc1Br)C[n+]1ccccc1Br. The van der Waals surface area contributed by atoms with E-state index in [2.05, 4.69) is 31.9 Å². The molecule has 0 aliphatic heterocycles. The highest BCUT2D eigenvalue weighted by Gasteiger charge is 2.13. The number of carbonyl (C=O) groups excluding carboxylic acids is 2. The average molecular weight is 484 g/mol. The van der Waals surface area contributed by atoms with Gasteiger partial charge in [0.05, 0.1) is 0 Å². The predicted molar refractivity (Wildman–Crippen MR) is 106 cm³/mol. The first kappa shape index (κ1) is 20.9. The van der Waals surface area contributed by atoms with E-state index in [9.17, 15) is 9.59 Å². The molecule has 0 amide bonds. The van der Waals surface area contributed by atoms with Crippen molar-refractivity contribution in [2.45, 2.75) is 51.6 Å². The van der Waals surface area contributed by atoms with Gasteiger partial charge in [0.1, 0.15) is 0 Å². The quantitative estimate of drug-likeness (QED) is 0.275. The van der Waals surface area contributed by atoms with Crippen LogP contribution in [0.2, 0.25) is 0 Å². The number of nitrogens with zero attached hydrogens (tertiary/aromatic N) is 2. The Morgan fingerprint density at radius 2 is 1.12 bits per heavy atom. The first-order chi connectivity index (χ1) is 12.6. The smallest absolute Gasteiger partial charge is 0.248 e. The second kappa shape index (κ2) is 11.3. The van der Waals surface area contributed by atoms with Crippen molar-refractivity contribution < 1.29 is 18.7 Å². The number of halogens is 2.